The molecule has 2 aromatic heterocycles. The average molecular weight is 603 g/mol. The molecule has 1 aliphatic heterocycles. The molecule has 0 spiro atoms. The Hall–Kier alpha value is -3.18. The van der Waals surface area contributed by atoms with Crippen molar-refractivity contribution >= 4 is 50.0 Å². The molecule has 3 heterocycles. The summed E-state index contributed by atoms with van der Waals surface area (Å²) in [5.41, 5.74) is 2.66. The van der Waals surface area contributed by atoms with Crippen molar-refractivity contribution in [3.8, 4) is 11.4 Å². The van der Waals surface area contributed by atoms with Gasteiger partial charge in [-0.25, -0.2) is 18.4 Å². The molecule has 9 nitrogen and oxygen atoms in total. The quantitative estimate of drug-likeness (QED) is 0.279. The Balaban J connectivity index is 1.46. The molecule has 0 saturated carbocycles. The van der Waals surface area contributed by atoms with Gasteiger partial charge in [-0.2, -0.15) is 4.31 Å². The number of aromatic nitrogens is 3. The lowest BCUT2D eigenvalue weighted by Crippen LogP contribution is -2.46. The van der Waals surface area contributed by atoms with Crippen LogP contribution in [0, 0.1) is 6.92 Å². The van der Waals surface area contributed by atoms with Crippen molar-refractivity contribution in [1.29, 1.82) is 0 Å². The summed E-state index contributed by atoms with van der Waals surface area (Å²) in [5, 5.41) is 3.90. The van der Waals surface area contributed by atoms with Crippen LogP contribution in [0.3, 0.4) is 0 Å². The molecule has 40 heavy (non-hydrogen) atoms. The summed E-state index contributed by atoms with van der Waals surface area (Å²) in [5.74, 6) is 0.195. The summed E-state index contributed by atoms with van der Waals surface area (Å²) >= 11 is 13.2. The number of nitrogens with one attached hydrogen (secondary N) is 1. The van der Waals surface area contributed by atoms with Crippen molar-refractivity contribution in [2.75, 3.05) is 13.1 Å². The number of halogens is 2. The Kier molecular flexibility index (Phi) is 8.32. The van der Waals surface area contributed by atoms with Crippen LogP contribution < -0.4 is 10.1 Å². The Morgan fingerprint density at radius 2 is 2.05 bits per heavy atom. The summed E-state index contributed by atoms with van der Waals surface area (Å²) in [7, 11) is -4.08. The molecule has 1 atom stereocenters. The standard InChI is InChI=1S/C28H29Cl2N5O4S/c1-3-11-32-28(36)22-7-5-13-35(22)40(37,38)25-10-9-21(29)20(26(25)30)16-39-24-8-4-6-19-23(34-14-12-31-17-34)15-18(2)33-27(19)24/h4,6,8-10,12,14-15,17,22H,3,5,7,11,13,16H2,1-2H3,(H,32,36)/t22-/m0/s1. The molecule has 1 saturated heterocycles. The molecule has 1 fully saturated rings. The van der Waals surface area contributed by atoms with Crippen LogP contribution in [0.2, 0.25) is 10.0 Å². The van der Waals surface area contributed by atoms with Crippen LogP contribution in [0.4, 0.5) is 0 Å². The number of nitrogens with zero attached hydrogens (tertiary/aromatic N) is 4. The lowest BCUT2D eigenvalue weighted by Gasteiger charge is -2.24. The predicted octanol–water partition coefficient (Wildman–Crippen LogP) is 5.29. The molecule has 0 aliphatic carbocycles. The molecule has 12 heteroatoms. The highest BCUT2D eigenvalue weighted by Gasteiger charge is 2.40. The Morgan fingerprint density at radius 1 is 1.23 bits per heavy atom. The van der Waals surface area contributed by atoms with Gasteiger partial charge in [-0.15, -0.1) is 0 Å². The minimum Gasteiger partial charge on any atom is -0.487 e. The molecule has 0 unspecified atom stereocenters. The number of hydrogen-bond acceptors (Lipinski definition) is 6. The van der Waals surface area contributed by atoms with E-state index in [0.717, 1.165) is 23.2 Å². The number of para-hydroxylation sites is 1. The zero-order chi connectivity index (χ0) is 28.4. The lowest BCUT2D eigenvalue weighted by molar-refractivity contribution is -0.124. The van der Waals surface area contributed by atoms with E-state index in [9.17, 15) is 13.2 Å². The molecule has 210 valence electrons. The summed E-state index contributed by atoms with van der Waals surface area (Å²) < 4.78 is 36.7. The van der Waals surface area contributed by atoms with E-state index in [-0.39, 0.29) is 34.0 Å². The third kappa shape index (κ3) is 5.41. The smallest absolute Gasteiger partial charge is 0.245 e. The summed E-state index contributed by atoms with van der Waals surface area (Å²) in [4.78, 5) is 21.4. The van der Waals surface area contributed by atoms with Crippen LogP contribution in [-0.4, -0.2) is 52.3 Å². The van der Waals surface area contributed by atoms with Crippen molar-refractivity contribution in [3.63, 3.8) is 0 Å². The van der Waals surface area contributed by atoms with E-state index in [1.807, 2.05) is 42.8 Å². The SMILES string of the molecule is CCCNC(=O)[C@@H]1CCCN1S(=O)(=O)c1ccc(Cl)c(COc2cccc3c(-n4ccnc4)cc(C)nc23)c1Cl. The van der Waals surface area contributed by atoms with Gasteiger partial charge in [0.25, 0.3) is 0 Å². The number of pyridine rings is 1. The van der Waals surface area contributed by atoms with E-state index in [4.69, 9.17) is 32.9 Å². The van der Waals surface area contributed by atoms with Gasteiger partial charge in [-0.05, 0) is 50.5 Å². The van der Waals surface area contributed by atoms with E-state index in [1.165, 1.54) is 16.4 Å². The maximum atomic E-state index is 13.7. The maximum absolute atomic E-state index is 13.7. The molecule has 2 aromatic carbocycles. The molecule has 1 amide bonds. The fraction of sp³-hybridized carbons (Fsp3) is 0.321. The van der Waals surface area contributed by atoms with Gasteiger partial charge in [0.05, 0.1) is 17.0 Å². The summed E-state index contributed by atoms with van der Waals surface area (Å²) in [6.07, 6.45) is 7.06. The van der Waals surface area contributed by atoms with Crippen molar-refractivity contribution in [2.24, 2.45) is 0 Å². The van der Waals surface area contributed by atoms with Crippen molar-refractivity contribution in [1.82, 2.24) is 24.2 Å². The highest BCUT2D eigenvalue weighted by Crippen LogP contribution is 2.37. The number of carbonyl (C=O) groups is 1. The van der Waals surface area contributed by atoms with Gasteiger partial charge >= 0.3 is 0 Å². The summed E-state index contributed by atoms with van der Waals surface area (Å²) in [6, 6.07) is 9.64. The molecule has 5 rings (SSSR count). The molecule has 0 bridgehead atoms. The first kappa shape index (κ1) is 28.4. The molecule has 1 aliphatic rings. The first-order valence-corrected chi connectivity index (χ1v) is 15.2. The molecule has 1 N–H and O–H groups in total. The number of aryl methyl sites for hydroxylation is 1. The van der Waals surface area contributed by atoms with Crippen molar-refractivity contribution in [3.05, 3.63) is 76.4 Å². The number of rotatable bonds is 9. The second-order valence-electron chi connectivity index (χ2n) is 9.60. The van der Waals surface area contributed by atoms with Crippen LogP contribution in [0.15, 0.2) is 60.0 Å². The lowest BCUT2D eigenvalue weighted by atomic mass is 10.1. The largest absolute Gasteiger partial charge is 0.487 e. The number of fused-ring (bicyclic) bond motifs is 1. The third-order valence-corrected chi connectivity index (χ3v) is 9.70. The first-order chi connectivity index (χ1) is 19.2. The van der Waals surface area contributed by atoms with Crippen molar-refractivity contribution in [2.45, 2.75) is 50.7 Å². The topological polar surface area (TPSA) is 106 Å². The van der Waals surface area contributed by atoms with Gasteiger partial charge in [0.2, 0.25) is 15.9 Å². The monoisotopic (exact) mass is 601 g/mol. The van der Waals surface area contributed by atoms with Gasteiger partial charge in [-0.3, -0.25) is 4.79 Å². The Labute approximate surface area is 243 Å². The van der Waals surface area contributed by atoms with E-state index >= 15 is 0 Å². The van der Waals surface area contributed by atoms with Crippen LogP contribution in [0.25, 0.3) is 16.6 Å². The van der Waals surface area contributed by atoms with Crippen LogP contribution in [-0.2, 0) is 21.4 Å². The molecule has 4 aromatic rings. The number of benzene rings is 2. The molecule has 0 radical (unpaired) electrons. The molecular weight excluding hydrogens is 573 g/mol. The highest BCUT2D eigenvalue weighted by atomic mass is 35.5. The van der Waals surface area contributed by atoms with E-state index in [2.05, 4.69) is 10.3 Å². The van der Waals surface area contributed by atoms with Crippen LogP contribution in [0.5, 0.6) is 5.75 Å². The normalized spacial score (nSPS) is 15.9. The highest BCUT2D eigenvalue weighted by molar-refractivity contribution is 7.89. The number of hydrogen-bond donors (Lipinski definition) is 1. The zero-order valence-corrected chi connectivity index (χ0v) is 24.4. The van der Waals surface area contributed by atoms with Gasteiger partial charge < -0.3 is 14.6 Å². The Morgan fingerprint density at radius 3 is 2.80 bits per heavy atom. The fourth-order valence-electron chi connectivity index (χ4n) is 4.90. The van der Waals surface area contributed by atoms with Gasteiger partial charge in [-0.1, -0.05) is 42.3 Å². The van der Waals surface area contributed by atoms with Gasteiger partial charge in [0.1, 0.15) is 28.8 Å². The number of carbonyl (C=O) groups excluding carboxylic acids is 1. The van der Waals surface area contributed by atoms with Crippen LogP contribution >= 0.6 is 23.2 Å². The zero-order valence-electron chi connectivity index (χ0n) is 22.1. The second kappa shape index (κ2) is 11.7. The van der Waals surface area contributed by atoms with Gasteiger partial charge in [0.15, 0.2) is 0 Å². The average Bonchev–Trinajstić information content (AvgIpc) is 3.64. The first-order valence-electron chi connectivity index (χ1n) is 13.0. The van der Waals surface area contributed by atoms with Crippen LogP contribution in [0.1, 0.15) is 37.4 Å². The number of ether oxygens (including phenoxy) is 1. The number of sulfonamides is 1. The minimum atomic E-state index is -4.08. The molecular formula is C28H29Cl2N5O4S. The fourth-order valence-corrected chi connectivity index (χ4v) is 7.42. The van der Waals surface area contributed by atoms with E-state index < -0.39 is 16.1 Å². The number of imidazole rings is 1. The van der Waals surface area contributed by atoms with E-state index in [1.54, 1.807) is 18.6 Å². The van der Waals surface area contributed by atoms with Gasteiger partial charge in [0, 0.05) is 47.1 Å². The number of amides is 1. The maximum Gasteiger partial charge on any atom is 0.245 e. The van der Waals surface area contributed by atoms with Crippen molar-refractivity contribution < 1.29 is 17.9 Å². The Bertz CT molecular complexity index is 1660. The minimum absolute atomic E-state index is 0.0319. The predicted molar refractivity (Wildman–Crippen MR) is 155 cm³/mol. The van der Waals surface area contributed by atoms with E-state index in [0.29, 0.717) is 36.2 Å². The summed E-state index contributed by atoms with van der Waals surface area (Å²) in [6.45, 7) is 4.47. The third-order valence-electron chi connectivity index (χ3n) is 6.86. The second-order valence-corrected chi connectivity index (χ2v) is 12.2.